The van der Waals surface area contributed by atoms with Crippen LogP contribution in [0.25, 0.3) is 0 Å². The Labute approximate surface area is 111 Å². The number of nitriles is 1. The molecule has 0 saturated heterocycles. The van der Waals surface area contributed by atoms with Crippen molar-refractivity contribution in [2.24, 2.45) is 5.41 Å². The van der Waals surface area contributed by atoms with E-state index in [4.69, 9.17) is 10.4 Å². The van der Waals surface area contributed by atoms with E-state index in [0.29, 0.717) is 13.0 Å². The highest BCUT2D eigenvalue weighted by Crippen LogP contribution is 2.21. The number of aromatic carboxylic acids is 1. The van der Waals surface area contributed by atoms with E-state index < -0.39 is 5.97 Å². The van der Waals surface area contributed by atoms with Crippen molar-refractivity contribution in [2.45, 2.75) is 39.7 Å². The third-order valence-electron chi connectivity index (χ3n) is 2.81. The largest absolute Gasteiger partial charge is 0.476 e. The molecular weight excluding hydrogens is 246 g/mol. The van der Waals surface area contributed by atoms with Crippen molar-refractivity contribution >= 4 is 5.97 Å². The predicted octanol–water partition coefficient (Wildman–Crippen LogP) is 1.66. The van der Waals surface area contributed by atoms with Crippen LogP contribution in [-0.4, -0.2) is 20.9 Å². The molecule has 1 rings (SSSR count). The standard InChI is InChI=1S/C13H17N3O3/c1-13(2,9-14)7-3-4-8-16-11(17)6-5-10(15-16)12(18)19/h5-6H,3-4,7-8H2,1-2H3,(H,18,19). The first-order chi connectivity index (χ1) is 8.85. The van der Waals surface area contributed by atoms with Crippen LogP contribution in [0, 0.1) is 16.7 Å². The Kier molecular flexibility index (Phi) is 4.81. The molecule has 0 atom stereocenters. The number of unbranched alkanes of at least 4 members (excludes halogenated alkanes) is 1. The Bertz CT molecular complexity index is 555. The summed E-state index contributed by atoms with van der Waals surface area (Å²) in [6.07, 6.45) is 2.20. The second kappa shape index (κ2) is 6.14. The van der Waals surface area contributed by atoms with Gasteiger partial charge in [0.2, 0.25) is 0 Å². The number of nitrogens with zero attached hydrogens (tertiary/aromatic N) is 3. The maximum Gasteiger partial charge on any atom is 0.356 e. The van der Waals surface area contributed by atoms with Gasteiger partial charge in [-0.05, 0) is 32.8 Å². The maximum absolute atomic E-state index is 11.5. The average Bonchev–Trinajstić information content (AvgIpc) is 2.36. The molecule has 0 aliphatic carbocycles. The number of carbonyl (C=O) groups is 1. The summed E-state index contributed by atoms with van der Waals surface area (Å²) in [6.45, 7) is 4.09. The summed E-state index contributed by atoms with van der Waals surface area (Å²) in [5.74, 6) is -1.15. The minimum Gasteiger partial charge on any atom is -0.476 e. The number of carboxylic acid groups (broad SMARTS) is 1. The second-order valence-electron chi connectivity index (χ2n) is 5.04. The first-order valence-corrected chi connectivity index (χ1v) is 6.08. The molecule has 0 aromatic carbocycles. The normalized spacial score (nSPS) is 11.0. The Hall–Kier alpha value is -2.16. The second-order valence-corrected chi connectivity index (χ2v) is 5.04. The zero-order valence-corrected chi connectivity index (χ0v) is 11.1. The van der Waals surface area contributed by atoms with Gasteiger partial charge in [0.25, 0.3) is 5.56 Å². The molecule has 0 unspecified atom stereocenters. The molecule has 19 heavy (non-hydrogen) atoms. The zero-order valence-electron chi connectivity index (χ0n) is 11.1. The van der Waals surface area contributed by atoms with E-state index in [0.717, 1.165) is 17.5 Å². The summed E-state index contributed by atoms with van der Waals surface area (Å²) >= 11 is 0. The fraction of sp³-hybridized carbons (Fsp3) is 0.538. The molecule has 6 heteroatoms. The minimum atomic E-state index is -1.15. The van der Waals surface area contributed by atoms with Crippen LogP contribution in [0.5, 0.6) is 0 Å². The van der Waals surface area contributed by atoms with Crippen molar-refractivity contribution in [3.63, 3.8) is 0 Å². The summed E-state index contributed by atoms with van der Waals surface area (Å²) in [6, 6.07) is 4.61. The molecule has 1 N–H and O–H groups in total. The van der Waals surface area contributed by atoms with Gasteiger partial charge in [0, 0.05) is 12.6 Å². The maximum atomic E-state index is 11.5. The van der Waals surface area contributed by atoms with E-state index in [2.05, 4.69) is 11.2 Å². The summed E-state index contributed by atoms with van der Waals surface area (Å²) in [5.41, 5.74) is -0.831. The van der Waals surface area contributed by atoms with Crippen molar-refractivity contribution in [3.05, 3.63) is 28.2 Å². The molecule has 0 aliphatic heterocycles. The van der Waals surface area contributed by atoms with Gasteiger partial charge in [0.15, 0.2) is 5.69 Å². The molecule has 1 heterocycles. The molecule has 1 aromatic rings. The van der Waals surface area contributed by atoms with Gasteiger partial charge in [-0.25, -0.2) is 9.48 Å². The number of hydrogen-bond donors (Lipinski definition) is 1. The van der Waals surface area contributed by atoms with Crippen LogP contribution in [0.3, 0.4) is 0 Å². The molecule has 0 radical (unpaired) electrons. The summed E-state index contributed by atoms with van der Waals surface area (Å²) in [5, 5.41) is 21.4. The van der Waals surface area contributed by atoms with Crippen molar-refractivity contribution < 1.29 is 9.90 Å². The lowest BCUT2D eigenvalue weighted by Crippen LogP contribution is -2.24. The molecule has 0 fully saturated rings. The Morgan fingerprint density at radius 1 is 1.47 bits per heavy atom. The molecular formula is C13H17N3O3. The van der Waals surface area contributed by atoms with E-state index in [-0.39, 0.29) is 16.7 Å². The van der Waals surface area contributed by atoms with Gasteiger partial charge >= 0.3 is 5.97 Å². The average molecular weight is 263 g/mol. The van der Waals surface area contributed by atoms with Gasteiger partial charge < -0.3 is 5.11 Å². The highest BCUT2D eigenvalue weighted by Gasteiger charge is 2.15. The van der Waals surface area contributed by atoms with Crippen molar-refractivity contribution in [3.8, 4) is 6.07 Å². The monoisotopic (exact) mass is 263 g/mol. The van der Waals surface area contributed by atoms with E-state index >= 15 is 0 Å². The molecule has 0 bridgehead atoms. The van der Waals surface area contributed by atoms with Crippen LogP contribution in [-0.2, 0) is 6.54 Å². The quantitative estimate of drug-likeness (QED) is 0.787. The Morgan fingerprint density at radius 2 is 2.16 bits per heavy atom. The molecule has 0 amide bonds. The minimum absolute atomic E-state index is 0.142. The summed E-state index contributed by atoms with van der Waals surface area (Å²) < 4.78 is 1.16. The predicted molar refractivity (Wildman–Crippen MR) is 68.7 cm³/mol. The lowest BCUT2D eigenvalue weighted by Gasteiger charge is -2.14. The van der Waals surface area contributed by atoms with E-state index in [1.807, 2.05) is 13.8 Å². The number of carboxylic acids is 1. The van der Waals surface area contributed by atoms with Crippen LogP contribution in [0.1, 0.15) is 43.6 Å². The summed E-state index contributed by atoms with van der Waals surface area (Å²) in [4.78, 5) is 22.2. The molecule has 1 aromatic heterocycles. The molecule has 0 saturated carbocycles. The molecule has 6 nitrogen and oxygen atoms in total. The third-order valence-corrected chi connectivity index (χ3v) is 2.81. The van der Waals surface area contributed by atoms with Crippen molar-refractivity contribution in [1.29, 1.82) is 5.26 Å². The van der Waals surface area contributed by atoms with Gasteiger partial charge in [-0.1, -0.05) is 6.42 Å². The zero-order chi connectivity index (χ0) is 14.5. The lowest BCUT2D eigenvalue weighted by atomic mass is 9.89. The van der Waals surface area contributed by atoms with Gasteiger partial charge in [0.05, 0.1) is 11.5 Å². The van der Waals surface area contributed by atoms with Gasteiger partial charge in [0.1, 0.15) is 0 Å². The first-order valence-electron chi connectivity index (χ1n) is 6.08. The number of hydrogen-bond acceptors (Lipinski definition) is 4. The number of rotatable bonds is 6. The molecule has 102 valence electrons. The Morgan fingerprint density at radius 3 is 2.74 bits per heavy atom. The van der Waals surface area contributed by atoms with E-state index in [9.17, 15) is 9.59 Å². The van der Waals surface area contributed by atoms with Crippen LogP contribution in [0.2, 0.25) is 0 Å². The van der Waals surface area contributed by atoms with E-state index in [1.54, 1.807) is 0 Å². The van der Waals surface area contributed by atoms with Gasteiger partial charge in [-0.15, -0.1) is 0 Å². The van der Waals surface area contributed by atoms with Crippen molar-refractivity contribution in [1.82, 2.24) is 9.78 Å². The Balaban J connectivity index is 2.59. The van der Waals surface area contributed by atoms with Crippen LogP contribution >= 0.6 is 0 Å². The van der Waals surface area contributed by atoms with E-state index in [1.165, 1.54) is 12.1 Å². The molecule has 0 spiro atoms. The fourth-order valence-corrected chi connectivity index (χ4v) is 1.61. The fourth-order valence-electron chi connectivity index (χ4n) is 1.61. The SMILES string of the molecule is CC(C)(C#N)CCCCn1nc(C(=O)O)ccc1=O. The number of aromatic nitrogens is 2. The highest BCUT2D eigenvalue weighted by molar-refractivity contribution is 5.84. The third kappa shape index (κ3) is 4.54. The van der Waals surface area contributed by atoms with Crippen LogP contribution < -0.4 is 5.56 Å². The summed E-state index contributed by atoms with van der Waals surface area (Å²) in [7, 11) is 0. The molecule has 0 aliphatic rings. The smallest absolute Gasteiger partial charge is 0.356 e. The van der Waals surface area contributed by atoms with Crippen LogP contribution in [0.15, 0.2) is 16.9 Å². The highest BCUT2D eigenvalue weighted by atomic mass is 16.4. The van der Waals surface area contributed by atoms with Crippen molar-refractivity contribution in [2.75, 3.05) is 0 Å². The first kappa shape index (κ1) is 14.9. The van der Waals surface area contributed by atoms with Gasteiger partial charge in [-0.3, -0.25) is 4.79 Å². The van der Waals surface area contributed by atoms with Crippen LogP contribution in [0.4, 0.5) is 0 Å². The number of aryl methyl sites for hydroxylation is 1. The topological polar surface area (TPSA) is 96.0 Å². The lowest BCUT2D eigenvalue weighted by molar-refractivity contribution is 0.0687. The van der Waals surface area contributed by atoms with Gasteiger partial charge in [-0.2, -0.15) is 10.4 Å².